The molecule has 1 fully saturated rings. The third kappa shape index (κ3) is 3.95. The Kier molecular flexibility index (Phi) is 6.05. The molecule has 1 unspecified atom stereocenters. The predicted octanol–water partition coefficient (Wildman–Crippen LogP) is 2.98. The summed E-state index contributed by atoms with van der Waals surface area (Å²) in [6.07, 6.45) is 3.92. The molecule has 2 aromatic rings. The fourth-order valence-electron chi connectivity index (χ4n) is 3.05. The maximum atomic E-state index is 12.7. The van der Waals surface area contributed by atoms with Crippen LogP contribution in [-0.4, -0.2) is 47.9 Å². The number of rotatable bonds is 6. The molecular weight excluding hydrogens is 366 g/mol. The molecule has 0 bridgehead atoms. The van der Waals surface area contributed by atoms with Gasteiger partial charge in [-0.05, 0) is 19.1 Å². The van der Waals surface area contributed by atoms with E-state index < -0.39 is 0 Å². The number of carbonyl (C=O) groups is 1. The summed E-state index contributed by atoms with van der Waals surface area (Å²) < 4.78 is 16.5. The van der Waals surface area contributed by atoms with Crippen LogP contribution in [0.3, 0.4) is 0 Å². The van der Waals surface area contributed by atoms with Crippen molar-refractivity contribution >= 4 is 17.7 Å². The minimum atomic E-state index is -0.205. The van der Waals surface area contributed by atoms with E-state index in [0.29, 0.717) is 30.2 Å². The zero-order chi connectivity index (χ0) is 19.4. The number of hydrogen-bond acceptors (Lipinski definition) is 7. The maximum Gasteiger partial charge on any atom is 0.224 e. The van der Waals surface area contributed by atoms with Crippen molar-refractivity contribution in [3.63, 3.8) is 0 Å². The molecule has 27 heavy (non-hydrogen) atoms. The van der Waals surface area contributed by atoms with Gasteiger partial charge in [-0.15, -0.1) is 11.8 Å². The van der Waals surface area contributed by atoms with E-state index in [9.17, 15) is 4.79 Å². The number of nitrogens with zero attached hydrogens (tertiary/aromatic N) is 3. The van der Waals surface area contributed by atoms with Gasteiger partial charge in [-0.1, -0.05) is 0 Å². The van der Waals surface area contributed by atoms with Crippen molar-refractivity contribution in [2.75, 3.05) is 27.1 Å². The quantitative estimate of drug-likeness (QED) is 0.752. The van der Waals surface area contributed by atoms with Crippen LogP contribution >= 0.6 is 11.8 Å². The second-order valence-electron chi connectivity index (χ2n) is 6.07. The lowest BCUT2D eigenvalue weighted by molar-refractivity contribution is -0.132. The van der Waals surface area contributed by atoms with Crippen molar-refractivity contribution in [1.82, 2.24) is 14.9 Å². The first-order valence-corrected chi connectivity index (χ1v) is 9.61. The lowest BCUT2D eigenvalue weighted by Crippen LogP contribution is -2.37. The van der Waals surface area contributed by atoms with E-state index in [4.69, 9.17) is 14.2 Å². The van der Waals surface area contributed by atoms with E-state index in [1.165, 1.54) is 0 Å². The van der Waals surface area contributed by atoms with Crippen molar-refractivity contribution in [2.24, 2.45) is 0 Å². The minimum Gasteiger partial charge on any atom is -0.493 e. The summed E-state index contributed by atoms with van der Waals surface area (Å²) in [5.41, 5.74) is 2.46. The van der Waals surface area contributed by atoms with E-state index in [1.54, 1.807) is 45.5 Å². The van der Waals surface area contributed by atoms with Crippen LogP contribution in [0.25, 0.3) is 0 Å². The molecule has 144 valence electrons. The molecule has 1 amide bonds. The standard InChI is InChI=1S/C19H23N3O4S/c1-12-9-21-13(10-20-12)11-22-16(23)7-8-27-19(22)14-5-6-15(24-2)18(26-4)17(14)25-3/h5-6,9-10,19H,7-8,11H2,1-4H3. The summed E-state index contributed by atoms with van der Waals surface area (Å²) >= 11 is 1.69. The number of ether oxygens (including phenoxy) is 3. The highest BCUT2D eigenvalue weighted by molar-refractivity contribution is 7.99. The van der Waals surface area contributed by atoms with Gasteiger partial charge in [-0.25, -0.2) is 0 Å². The molecule has 1 saturated heterocycles. The smallest absolute Gasteiger partial charge is 0.224 e. The van der Waals surface area contributed by atoms with Crippen LogP contribution < -0.4 is 14.2 Å². The zero-order valence-electron chi connectivity index (χ0n) is 15.9. The first-order chi connectivity index (χ1) is 13.1. The Balaban J connectivity index is 1.99. The number of amides is 1. The Morgan fingerprint density at radius 2 is 1.89 bits per heavy atom. The van der Waals surface area contributed by atoms with E-state index in [-0.39, 0.29) is 11.3 Å². The highest BCUT2D eigenvalue weighted by Crippen LogP contribution is 2.48. The monoisotopic (exact) mass is 389 g/mol. The number of carbonyl (C=O) groups excluding carboxylic acids is 1. The SMILES string of the molecule is COc1ccc(C2SCCC(=O)N2Cc2cnc(C)cn2)c(OC)c1OC. The first kappa shape index (κ1) is 19.3. The van der Waals surface area contributed by atoms with Crippen LogP contribution in [0.15, 0.2) is 24.5 Å². The normalized spacial score (nSPS) is 17.0. The second-order valence-corrected chi connectivity index (χ2v) is 7.26. The number of thioether (sulfide) groups is 1. The van der Waals surface area contributed by atoms with E-state index in [0.717, 1.165) is 22.7 Å². The molecule has 0 N–H and O–H groups in total. The number of benzene rings is 1. The summed E-state index contributed by atoms with van der Waals surface area (Å²) in [4.78, 5) is 23.2. The Labute approximate surface area is 163 Å². The van der Waals surface area contributed by atoms with Crippen LogP contribution in [0.1, 0.15) is 28.7 Å². The second kappa shape index (κ2) is 8.47. The molecule has 0 aliphatic carbocycles. The number of methoxy groups -OCH3 is 3. The molecule has 8 heteroatoms. The van der Waals surface area contributed by atoms with Crippen molar-refractivity contribution in [1.29, 1.82) is 0 Å². The highest BCUT2D eigenvalue weighted by Gasteiger charge is 2.33. The van der Waals surface area contributed by atoms with Gasteiger partial charge in [-0.2, -0.15) is 0 Å². The van der Waals surface area contributed by atoms with Gasteiger partial charge in [-0.3, -0.25) is 14.8 Å². The van der Waals surface area contributed by atoms with E-state index in [2.05, 4.69) is 9.97 Å². The Bertz CT molecular complexity index is 813. The van der Waals surface area contributed by atoms with Gasteiger partial charge in [0, 0.05) is 23.9 Å². The van der Waals surface area contributed by atoms with Gasteiger partial charge >= 0.3 is 0 Å². The molecule has 1 atom stereocenters. The molecule has 7 nitrogen and oxygen atoms in total. The van der Waals surface area contributed by atoms with Crippen molar-refractivity contribution in [3.8, 4) is 17.2 Å². The lowest BCUT2D eigenvalue weighted by atomic mass is 10.1. The van der Waals surface area contributed by atoms with E-state index in [1.807, 2.05) is 24.0 Å². The average Bonchev–Trinajstić information content (AvgIpc) is 2.69. The first-order valence-electron chi connectivity index (χ1n) is 8.56. The van der Waals surface area contributed by atoms with Crippen molar-refractivity contribution in [3.05, 3.63) is 41.5 Å². The predicted molar refractivity (Wildman–Crippen MR) is 103 cm³/mol. The fourth-order valence-corrected chi connectivity index (χ4v) is 4.30. The zero-order valence-corrected chi connectivity index (χ0v) is 16.7. The van der Waals surface area contributed by atoms with Crippen LogP contribution in [0.5, 0.6) is 17.2 Å². The number of hydrogen-bond donors (Lipinski definition) is 0. The largest absolute Gasteiger partial charge is 0.493 e. The van der Waals surface area contributed by atoms with Gasteiger partial charge in [0.2, 0.25) is 11.7 Å². The maximum absolute atomic E-state index is 12.7. The van der Waals surface area contributed by atoms with Gasteiger partial charge < -0.3 is 19.1 Å². The molecule has 1 aromatic heterocycles. The van der Waals surface area contributed by atoms with Gasteiger partial charge in [0.1, 0.15) is 5.37 Å². The summed E-state index contributed by atoms with van der Waals surface area (Å²) in [5, 5.41) is -0.205. The van der Waals surface area contributed by atoms with Gasteiger partial charge in [0.25, 0.3) is 0 Å². The summed E-state index contributed by atoms with van der Waals surface area (Å²) in [7, 11) is 4.74. The van der Waals surface area contributed by atoms with E-state index >= 15 is 0 Å². The third-order valence-electron chi connectivity index (χ3n) is 4.36. The van der Waals surface area contributed by atoms with Gasteiger partial charge in [0.15, 0.2) is 11.5 Å². The lowest BCUT2D eigenvalue weighted by Gasteiger charge is -2.36. The third-order valence-corrected chi connectivity index (χ3v) is 5.63. The minimum absolute atomic E-state index is 0.0814. The molecule has 3 rings (SSSR count). The fraction of sp³-hybridized carbons (Fsp3) is 0.421. The van der Waals surface area contributed by atoms with Crippen LogP contribution in [-0.2, 0) is 11.3 Å². The molecule has 1 aromatic carbocycles. The van der Waals surface area contributed by atoms with Crippen LogP contribution in [0.2, 0.25) is 0 Å². The molecule has 0 radical (unpaired) electrons. The molecule has 1 aliphatic heterocycles. The Hall–Kier alpha value is -2.48. The molecule has 0 saturated carbocycles. The summed E-state index contributed by atoms with van der Waals surface area (Å²) in [6, 6.07) is 3.75. The summed E-state index contributed by atoms with van der Waals surface area (Å²) in [6.45, 7) is 2.28. The molecule has 1 aliphatic rings. The summed E-state index contributed by atoms with van der Waals surface area (Å²) in [5.74, 6) is 2.51. The topological polar surface area (TPSA) is 73.8 Å². The molecular formula is C19H23N3O4S. The molecule has 2 heterocycles. The number of aryl methyl sites for hydroxylation is 1. The van der Waals surface area contributed by atoms with Crippen LogP contribution in [0, 0.1) is 6.92 Å². The Morgan fingerprint density at radius 1 is 1.11 bits per heavy atom. The Morgan fingerprint density at radius 3 is 2.52 bits per heavy atom. The average molecular weight is 389 g/mol. The van der Waals surface area contributed by atoms with Crippen LogP contribution in [0.4, 0.5) is 0 Å². The molecule has 0 spiro atoms. The van der Waals surface area contributed by atoms with Crippen molar-refractivity contribution < 1.29 is 19.0 Å². The highest BCUT2D eigenvalue weighted by atomic mass is 32.2. The van der Waals surface area contributed by atoms with Gasteiger partial charge in [0.05, 0.1) is 45.5 Å². The van der Waals surface area contributed by atoms with Crippen molar-refractivity contribution in [2.45, 2.75) is 25.3 Å². The number of aromatic nitrogens is 2.